The van der Waals surface area contributed by atoms with E-state index in [1.807, 2.05) is 7.11 Å². The summed E-state index contributed by atoms with van der Waals surface area (Å²) < 4.78 is 5.49. The third-order valence-electron chi connectivity index (χ3n) is 5.25. The summed E-state index contributed by atoms with van der Waals surface area (Å²) in [6, 6.07) is 0. The predicted octanol–water partition coefficient (Wildman–Crippen LogP) is 2.26. The van der Waals surface area contributed by atoms with Crippen LogP contribution in [0, 0.1) is 5.92 Å². The Hall–Kier alpha value is -0.120. The van der Waals surface area contributed by atoms with E-state index in [9.17, 15) is 0 Å². The van der Waals surface area contributed by atoms with Crippen molar-refractivity contribution in [3.8, 4) is 0 Å². The molecule has 0 aromatic heterocycles. The zero-order chi connectivity index (χ0) is 13.4. The van der Waals surface area contributed by atoms with Crippen molar-refractivity contribution >= 4 is 0 Å². The average molecular weight is 254 g/mol. The van der Waals surface area contributed by atoms with Crippen molar-refractivity contribution in [3.63, 3.8) is 0 Å². The molecule has 2 fully saturated rings. The molecule has 0 aromatic carbocycles. The summed E-state index contributed by atoms with van der Waals surface area (Å²) in [5.74, 6) is 0.885. The number of nitrogens with one attached hydrogen (secondary N) is 1. The highest BCUT2D eigenvalue weighted by Crippen LogP contribution is 2.45. The topological polar surface area (TPSA) is 24.5 Å². The molecule has 3 nitrogen and oxygen atoms in total. The minimum absolute atomic E-state index is 0.266. The molecule has 0 aromatic rings. The van der Waals surface area contributed by atoms with Crippen LogP contribution in [0.25, 0.3) is 0 Å². The second-order valence-corrected chi connectivity index (χ2v) is 6.83. The lowest BCUT2D eigenvalue weighted by atomic mass is 9.84. The molecular weight excluding hydrogens is 224 g/mol. The van der Waals surface area contributed by atoms with Crippen molar-refractivity contribution < 1.29 is 4.74 Å². The molecule has 0 spiro atoms. The van der Waals surface area contributed by atoms with Gasteiger partial charge in [-0.3, -0.25) is 4.90 Å². The van der Waals surface area contributed by atoms with Crippen LogP contribution in [0.4, 0.5) is 0 Å². The van der Waals surface area contributed by atoms with Gasteiger partial charge in [-0.05, 0) is 46.0 Å². The van der Waals surface area contributed by atoms with E-state index in [2.05, 4.69) is 37.9 Å². The molecule has 1 saturated carbocycles. The molecule has 1 saturated heterocycles. The van der Waals surface area contributed by atoms with Crippen LogP contribution in [-0.4, -0.2) is 48.8 Å². The number of hydrogen-bond donors (Lipinski definition) is 1. The summed E-state index contributed by atoms with van der Waals surface area (Å²) >= 11 is 0. The van der Waals surface area contributed by atoms with Gasteiger partial charge >= 0.3 is 0 Å². The van der Waals surface area contributed by atoms with Crippen molar-refractivity contribution in [1.82, 2.24) is 10.2 Å². The van der Waals surface area contributed by atoms with E-state index < -0.39 is 0 Å². The van der Waals surface area contributed by atoms with E-state index in [0.717, 1.165) is 25.6 Å². The van der Waals surface area contributed by atoms with Crippen molar-refractivity contribution in [2.75, 3.05) is 26.7 Å². The van der Waals surface area contributed by atoms with Crippen LogP contribution in [0.3, 0.4) is 0 Å². The van der Waals surface area contributed by atoms with Crippen LogP contribution in [-0.2, 0) is 4.74 Å². The number of nitrogens with zero attached hydrogens (tertiary/aromatic N) is 1. The first-order chi connectivity index (χ1) is 8.43. The van der Waals surface area contributed by atoms with Gasteiger partial charge in [-0.15, -0.1) is 0 Å². The minimum atomic E-state index is 0.266. The van der Waals surface area contributed by atoms with Crippen molar-refractivity contribution in [1.29, 1.82) is 0 Å². The van der Waals surface area contributed by atoms with E-state index >= 15 is 0 Å². The van der Waals surface area contributed by atoms with Gasteiger partial charge in [0.1, 0.15) is 0 Å². The Morgan fingerprint density at radius 2 is 2.06 bits per heavy atom. The van der Waals surface area contributed by atoms with Crippen LogP contribution in [0.1, 0.15) is 47.0 Å². The maximum absolute atomic E-state index is 5.49. The lowest BCUT2D eigenvalue weighted by Crippen LogP contribution is -2.69. The molecule has 0 radical (unpaired) electrons. The van der Waals surface area contributed by atoms with Gasteiger partial charge in [0.05, 0.1) is 6.10 Å². The van der Waals surface area contributed by atoms with Gasteiger partial charge in [0.15, 0.2) is 0 Å². The van der Waals surface area contributed by atoms with Gasteiger partial charge in [-0.25, -0.2) is 0 Å². The third-order valence-corrected chi connectivity index (χ3v) is 5.25. The number of hydrogen-bond acceptors (Lipinski definition) is 3. The second kappa shape index (κ2) is 5.10. The lowest BCUT2D eigenvalue weighted by Gasteiger charge is -2.53. The smallest absolute Gasteiger partial charge is 0.0670 e. The Morgan fingerprint density at radius 3 is 2.56 bits per heavy atom. The lowest BCUT2D eigenvalue weighted by molar-refractivity contribution is -0.0294. The number of ether oxygens (including phenoxy) is 1. The summed E-state index contributed by atoms with van der Waals surface area (Å²) in [5.41, 5.74) is 0.601. The van der Waals surface area contributed by atoms with Gasteiger partial charge < -0.3 is 10.1 Å². The Balaban J connectivity index is 2.10. The molecule has 3 atom stereocenters. The Labute approximate surface area is 112 Å². The summed E-state index contributed by atoms with van der Waals surface area (Å²) in [7, 11) is 1.82. The highest BCUT2D eigenvalue weighted by molar-refractivity contribution is 5.08. The Morgan fingerprint density at radius 1 is 1.39 bits per heavy atom. The molecule has 1 N–H and O–H groups in total. The van der Waals surface area contributed by atoms with E-state index in [0.29, 0.717) is 11.6 Å². The monoisotopic (exact) mass is 254 g/mol. The molecule has 18 heavy (non-hydrogen) atoms. The Kier molecular flexibility index (Phi) is 4.05. The fourth-order valence-electron chi connectivity index (χ4n) is 3.16. The van der Waals surface area contributed by atoms with E-state index in [1.165, 1.54) is 19.3 Å². The number of methoxy groups -OCH3 is 1. The fraction of sp³-hybridized carbons (Fsp3) is 1.00. The standard InChI is InChI=1S/C15H30N2O/c1-6-14(3)11-17(9-12(2)18-5)15(4,10-16-14)13-7-8-13/h12-13,16H,6-11H2,1-5H3. The molecule has 3 unspecified atom stereocenters. The van der Waals surface area contributed by atoms with E-state index in [-0.39, 0.29) is 5.54 Å². The van der Waals surface area contributed by atoms with Gasteiger partial charge in [0.25, 0.3) is 0 Å². The molecule has 3 heteroatoms. The SMILES string of the molecule is CCC1(C)CN(CC(C)OC)C(C)(C2CC2)CN1. The molecule has 1 aliphatic carbocycles. The molecule has 2 rings (SSSR count). The highest BCUT2D eigenvalue weighted by atomic mass is 16.5. The maximum Gasteiger partial charge on any atom is 0.0670 e. The molecule has 106 valence electrons. The van der Waals surface area contributed by atoms with Crippen molar-refractivity contribution in [2.45, 2.75) is 64.1 Å². The largest absolute Gasteiger partial charge is 0.380 e. The molecule has 0 amide bonds. The van der Waals surface area contributed by atoms with Crippen LogP contribution in [0.2, 0.25) is 0 Å². The number of rotatable bonds is 5. The Bertz CT molecular complexity index is 292. The van der Waals surface area contributed by atoms with Crippen LogP contribution in [0.15, 0.2) is 0 Å². The highest BCUT2D eigenvalue weighted by Gasteiger charge is 2.50. The van der Waals surface area contributed by atoms with Gasteiger partial charge in [-0.1, -0.05) is 6.92 Å². The molecular formula is C15H30N2O. The summed E-state index contributed by atoms with van der Waals surface area (Å²) in [6.07, 6.45) is 4.31. The molecule has 1 aliphatic heterocycles. The first-order valence-electron chi connectivity index (χ1n) is 7.46. The van der Waals surface area contributed by atoms with Gasteiger partial charge in [0.2, 0.25) is 0 Å². The fourth-order valence-corrected chi connectivity index (χ4v) is 3.16. The first kappa shape index (κ1) is 14.3. The zero-order valence-corrected chi connectivity index (χ0v) is 12.8. The summed E-state index contributed by atoms with van der Waals surface area (Å²) in [4.78, 5) is 2.69. The molecule has 0 bridgehead atoms. The van der Waals surface area contributed by atoms with Crippen molar-refractivity contribution in [3.05, 3.63) is 0 Å². The zero-order valence-electron chi connectivity index (χ0n) is 12.8. The number of piperazine rings is 1. The summed E-state index contributed by atoms with van der Waals surface area (Å²) in [6.45, 7) is 12.6. The predicted molar refractivity (Wildman–Crippen MR) is 75.9 cm³/mol. The van der Waals surface area contributed by atoms with Crippen LogP contribution < -0.4 is 5.32 Å². The first-order valence-corrected chi connectivity index (χ1v) is 7.46. The second-order valence-electron chi connectivity index (χ2n) is 6.83. The van der Waals surface area contributed by atoms with Crippen LogP contribution in [0.5, 0.6) is 0 Å². The normalized spacial score (nSPS) is 39.8. The van der Waals surface area contributed by atoms with E-state index in [4.69, 9.17) is 4.74 Å². The average Bonchev–Trinajstić information content (AvgIpc) is 3.18. The molecule has 2 aliphatic rings. The minimum Gasteiger partial charge on any atom is -0.380 e. The third kappa shape index (κ3) is 2.73. The van der Waals surface area contributed by atoms with E-state index in [1.54, 1.807) is 0 Å². The van der Waals surface area contributed by atoms with Gasteiger partial charge in [-0.2, -0.15) is 0 Å². The quantitative estimate of drug-likeness (QED) is 0.814. The van der Waals surface area contributed by atoms with Crippen LogP contribution >= 0.6 is 0 Å². The van der Waals surface area contributed by atoms with Gasteiger partial charge in [0, 0.05) is 37.8 Å². The maximum atomic E-state index is 5.49. The molecule has 1 heterocycles. The van der Waals surface area contributed by atoms with Crippen molar-refractivity contribution in [2.24, 2.45) is 5.92 Å². The summed E-state index contributed by atoms with van der Waals surface area (Å²) in [5, 5.41) is 3.80.